The zero-order valence-electron chi connectivity index (χ0n) is 9.58. The summed E-state index contributed by atoms with van der Waals surface area (Å²) in [6.07, 6.45) is -4.19. The molecule has 0 unspecified atom stereocenters. The van der Waals surface area contributed by atoms with Gasteiger partial charge in [-0.15, -0.1) is 0 Å². The van der Waals surface area contributed by atoms with E-state index >= 15 is 0 Å². The molecule has 0 amide bonds. The first-order valence-corrected chi connectivity index (χ1v) is 5.19. The van der Waals surface area contributed by atoms with Crippen LogP contribution in [0.5, 0.6) is 0 Å². The van der Waals surface area contributed by atoms with E-state index < -0.39 is 23.6 Å². The molecule has 18 heavy (non-hydrogen) atoms. The Morgan fingerprint density at radius 1 is 1.33 bits per heavy atom. The van der Waals surface area contributed by atoms with Crippen LogP contribution in [0, 0.1) is 17.8 Å². The Balaban J connectivity index is 2.70. The normalized spacial score (nSPS) is 12.4. The molecule has 1 rings (SSSR count). The van der Waals surface area contributed by atoms with Crippen LogP contribution >= 0.6 is 0 Å². The molecule has 0 aliphatic rings. The summed E-state index contributed by atoms with van der Waals surface area (Å²) in [5, 5.41) is 8.61. The van der Waals surface area contributed by atoms with Crippen molar-refractivity contribution in [3.8, 4) is 11.8 Å². The highest BCUT2D eigenvalue weighted by Crippen LogP contribution is 2.28. The minimum Gasteiger partial charge on any atom is -0.481 e. The number of hydrogen-bond donors (Lipinski definition) is 1. The number of carboxylic acid groups (broad SMARTS) is 1. The second kappa shape index (κ2) is 5.58. The summed E-state index contributed by atoms with van der Waals surface area (Å²) >= 11 is 0. The van der Waals surface area contributed by atoms with Crippen LogP contribution in [0.3, 0.4) is 0 Å². The molecule has 2 nitrogen and oxygen atoms in total. The van der Waals surface area contributed by atoms with Crippen LogP contribution in [0.1, 0.15) is 24.5 Å². The Morgan fingerprint density at radius 3 is 2.33 bits per heavy atom. The first-order chi connectivity index (χ1) is 8.30. The highest BCUT2D eigenvalue weighted by molar-refractivity contribution is 5.69. The molecule has 5 heteroatoms. The molecule has 1 atom stereocenters. The van der Waals surface area contributed by atoms with Gasteiger partial charge in [0.1, 0.15) is 0 Å². The minimum absolute atomic E-state index is 0.163. The molecule has 96 valence electrons. The van der Waals surface area contributed by atoms with Crippen LogP contribution in [0.25, 0.3) is 0 Å². The zero-order chi connectivity index (χ0) is 13.8. The van der Waals surface area contributed by atoms with Gasteiger partial charge in [-0.1, -0.05) is 18.8 Å². The number of alkyl halides is 3. The third kappa shape index (κ3) is 4.13. The van der Waals surface area contributed by atoms with Crippen LogP contribution in [0.4, 0.5) is 13.2 Å². The lowest BCUT2D eigenvalue weighted by molar-refractivity contribution is -0.141. The van der Waals surface area contributed by atoms with Gasteiger partial charge < -0.3 is 5.11 Å². The van der Waals surface area contributed by atoms with E-state index in [4.69, 9.17) is 5.11 Å². The van der Waals surface area contributed by atoms with Gasteiger partial charge >= 0.3 is 12.1 Å². The van der Waals surface area contributed by atoms with Gasteiger partial charge in [0.15, 0.2) is 0 Å². The maximum absolute atomic E-state index is 12.3. The van der Waals surface area contributed by atoms with E-state index in [1.807, 2.05) is 0 Å². The number of hydrogen-bond acceptors (Lipinski definition) is 1. The third-order valence-electron chi connectivity index (χ3n) is 2.27. The molecule has 0 radical (unpaired) electrons. The van der Waals surface area contributed by atoms with E-state index in [0.29, 0.717) is 5.56 Å². The van der Waals surface area contributed by atoms with Crippen LogP contribution in [-0.2, 0) is 11.0 Å². The lowest BCUT2D eigenvalue weighted by Gasteiger charge is -2.05. The van der Waals surface area contributed by atoms with E-state index in [9.17, 15) is 18.0 Å². The van der Waals surface area contributed by atoms with Gasteiger partial charge in [-0.05, 0) is 24.3 Å². The minimum atomic E-state index is -4.36. The van der Waals surface area contributed by atoms with Crippen molar-refractivity contribution in [1.29, 1.82) is 0 Å². The predicted molar refractivity (Wildman–Crippen MR) is 59.7 cm³/mol. The molecular weight excluding hydrogens is 245 g/mol. The lowest BCUT2D eigenvalue weighted by atomic mass is 10.1. The molecule has 0 aromatic heterocycles. The number of halogens is 3. The Hall–Kier alpha value is -1.96. The molecular formula is C13H11F3O2. The second-order valence-corrected chi connectivity index (χ2v) is 3.82. The summed E-state index contributed by atoms with van der Waals surface area (Å²) in [7, 11) is 0. The smallest absolute Gasteiger partial charge is 0.416 e. The molecule has 0 saturated carbocycles. The molecule has 0 bridgehead atoms. The first kappa shape index (κ1) is 14.1. The van der Waals surface area contributed by atoms with Crippen LogP contribution < -0.4 is 0 Å². The van der Waals surface area contributed by atoms with Crippen molar-refractivity contribution in [2.24, 2.45) is 5.92 Å². The quantitative estimate of drug-likeness (QED) is 0.825. The SMILES string of the molecule is C[C@@H](CC#Cc1ccc(C(F)(F)F)cc1)C(=O)O. The highest BCUT2D eigenvalue weighted by atomic mass is 19.4. The van der Waals surface area contributed by atoms with Gasteiger partial charge in [0.25, 0.3) is 0 Å². The van der Waals surface area contributed by atoms with Gasteiger partial charge in [-0.3, -0.25) is 4.79 Å². The Bertz CT molecular complexity index is 478. The van der Waals surface area contributed by atoms with Gasteiger partial charge in [0.05, 0.1) is 11.5 Å². The number of rotatable bonds is 2. The Kier molecular flexibility index (Phi) is 4.38. The van der Waals surface area contributed by atoms with Crippen LogP contribution in [-0.4, -0.2) is 11.1 Å². The van der Waals surface area contributed by atoms with Crippen molar-refractivity contribution < 1.29 is 23.1 Å². The van der Waals surface area contributed by atoms with E-state index in [1.54, 1.807) is 0 Å². The van der Waals surface area contributed by atoms with Crippen molar-refractivity contribution in [3.05, 3.63) is 35.4 Å². The molecule has 0 fully saturated rings. The van der Waals surface area contributed by atoms with E-state index in [0.717, 1.165) is 12.1 Å². The molecule has 0 aliphatic heterocycles. The molecule has 1 aromatic carbocycles. The maximum atomic E-state index is 12.3. The van der Waals surface area contributed by atoms with Gasteiger partial charge in [0, 0.05) is 12.0 Å². The van der Waals surface area contributed by atoms with Crippen molar-refractivity contribution >= 4 is 5.97 Å². The molecule has 0 saturated heterocycles. The van der Waals surface area contributed by atoms with Gasteiger partial charge in [-0.25, -0.2) is 0 Å². The Labute approximate surface area is 102 Å². The summed E-state index contributed by atoms with van der Waals surface area (Å²) in [6, 6.07) is 4.43. The first-order valence-electron chi connectivity index (χ1n) is 5.19. The molecule has 0 aliphatic carbocycles. The molecule has 0 spiro atoms. The third-order valence-corrected chi connectivity index (χ3v) is 2.27. The molecule has 0 heterocycles. The second-order valence-electron chi connectivity index (χ2n) is 3.82. The summed E-state index contributed by atoms with van der Waals surface area (Å²) in [5.74, 6) is 3.72. The van der Waals surface area contributed by atoms with Gasteiger partial charge in [0.2, 0.25) is 0 Å². The number of carboxylic acids is 1. The topological polar surface area (TPSA) is 37.3 Å². The average molecular weight is 256 g/mol. The standard InChI is InChI=1S/C13H11F3O2/c1-9(12(17)18)3-2-4-10-5-7-11(8-6-10)13(14,15)16/h5-9H,3H2,1H3,(H,17,18)/t9-/m0/s1. The van der Waals surface area contributed by atoms with Gasteiger partial charge in [-0.2, -0.15) is 13.2 Å². The monoisotopic (exact) mass is 256 g/mol. The number of benzene rings is 1. The average Bonchev–Trinajstić information content (AvgIpc) is 2.28. The predicted octanol–water partition coefficient (Wildman–Crippen LogP) is 3.17. The van der Waals surface area contributed by atoms with E-state index in [-0.39, 0.29) is 6.42 Å². The molecule has 1 N–H and O–H groups in total. The summed E-state index contributed by atoms with van der Waals surface area (Å²) < 4.78 is 36.8. The highest BCUT2D eigenvalue weighted by Gasteiger charge is 2.29. The van der Waals surface area contributed by atoms with Crippen LogP contribution in [0.15, 0.2) is 24.3 Å². The largest absolute Gasteiger partial charge is 0.481 e. The maximum Gasteiger partial charge on any atom is 0.416 e. The molecule has 1 aromatic rings. The van der Waals surface area contributed by atoms with E-state index in [2.05, 4.69) is 11.8 Å². The fraction of sp³-hybridized carbons (Fsp3) is 0.308. The fourth-order valence-corrected chi connectivity index (χ4v) is 1.14. The number of carbonyl (C=O) groups is 1. The van der Waals surface area contributed by atoms with Crippen molar-refractivity contribution in [2.75, 3.05) is 0 Å². The van der Waals surface area contributed by atoms with Crippen molar-refractivity contribution in [2.45, 2.75) is 19.5 Å². The summed E-state index contributed by atoms with van der Waals surface area (Å²) in [6.45, 7) is 1.52. The Morgan fingerprint density at radius 2 is 1.89 bits per heavy atom. The fourth-order valence-electron chi connectivity index (χ4n) is 1.14. The summed E-state index contributed by atoms with van der Waals surface area (Å²) in [5.41, 5.74) is -0.299. The zero-order valence-corrected chi connectivity index (χ0v) is 9.58. The lowest BCUT2D eigenvalue weighted by Crippen LogP contribution is -2.07. The van der Waals surface area contributed by atoms with Crippen molar-refractivity contribution in [3.63, 3.8) is 0 Å². The van der Waals surface area contributed by atoms with E-state index in [1.165, 1.54) is 19.1 Å². The van der Waals surface area contributed by atoms with Crippen LogP contribution in [0.2, 0.25) is 0 Å². The van der Waals surface area contributed by atoms with Crippen molar-refractivity contribution in [1.82, 2.24) is 0 Å². The summed E-state index contributed by atoms with van der Waals surface area (Å²) in [4.78, 5) is 10.5. The number of aliphatic carboxylic acids is 1.